The highest BCUT2D eigenvalue weighted by molar-refractivity contribution is 5.98. The molecule has 58 heavy (non-hydrogen) atoms. The van der Waals surface area contributed by atoms with Gasteiger partial charge < -0.3 is 4.90 Å². The van der Waals surface area contributed by atoms with E-state index in [9.17, 15) is 0 Å². The van der Waals surface area contributed by atoms with Gasteiger partial charge in [-0.1, -0.05) is 158 Å². The van der Waals surface area contributed by atoms with E-state index in [0.717, 1.165) is 29.4 Å². The molecule has 3 saturated carbocycles. The van der Waals surface area contributed by atoms with Crippen molar-refractivity contribution in [2.24, 2.45) is 23.7 Å². The van der Waals surface area contributed by atoms with E-state index in [0.29, 0.717) is 0 Å². The van der Waals surface area contributed by atoms with E-state index >= 15 is 0 Å². The second kappa shape index (κ2) is 13.5. The van der Waals surface area contributed by atoms with Crippen LogP contribution in [0, 0.1) is 23.7 Å². The molecule has 3 fully saturated rings. The summed E-state index contributed by atoms with van der Waals surface area (Å²) in [5.41, 5.74) is 17.1. The average molecular weight is 746 g/mol. The maximum atomic E-state index is 2.56. The molecule has 0 aliphatic heterocycles. The molecule has 1 heteroatoms. The first-order valence-corrected chi connectivity index (χ1v) is 21.6. The summed E-state index contributed by atoms with van der Waals surface area (Å²) < 4.78 is 0. The van der Waals surface area contributed by atoms with Gasteiger partial charge in [0.2, 0.25) is 0 Å². The molecule has 8 aromatic rings. The van der Waals surface area contributed by atoms with Crippen LogP contribution in [0.3, 0.4) is 0 Å². The van der Waals surface area contributed by atoms with Crippen molar-refractivity contribution in [1.29, 1.82) is 0 Å². The van der Waals surface area contributed by atoms with Gasteiger partial charge in [-0.3, -0.25) is 0 Å². The van der Waals surface area contributed by atoms with Crippen LogP contribution in [0.15, 0.2) is 188 Å². The Balaban J connectivity index is 1.05. The van der Waals surface area contributed by atoms with Crippen LogP contribution >= 0.6 is 0 Å². The summed E-state index contributed by atoms with van der Waals surface area (Å²) in [6.07, 6.45) is 8.45. The van der Waals surface area contributed by atoms with Crippen LogP contribution in [-0.4, -0.2) is 0 Å². The first-order chi connectivity index (χ1) is 28.7. The van der Waals surface area contributed by atoms with Crippen LogP contribution < -0.4 is 4.90 Å². The fraction of sp³-hybridized carbons (Fsp3) is 0.193. The molecule has 4 aliphatic rings. The lowest BCUT2D eigenvalue weighted by atomic mass is 9.47. The standard InChI is InChI=1S/C57H47N/c1-3-12-39(13-4-1)43-26-31-56(52(35-43)41-14-5-2-6-15-41)58(47-27-24-42(25-28-47)50-20-11-17-40-16-7-8-18-49(40)50)48-29-30-55-53(36-48)51-19-9-10-21-54(51)57(55)37-44-23-22-38-32-45(44)34-46(57)33-38/h1-21,24-31,35-36,38,44-46H,22-23,32-34,37H2. The Morgan fingerprint density at radius 3 is 1.95 bits per heavy atom. The average Bonchev–Trinajstić information content (AvgIpc) is 3.57. The van der Waals surface area contributed by atoms with Crippen LogP contribution in [0.4, 0.5) is 17.1 Å². The van der Waals surface area contributed by atoms with Crippen molar-refractivity contribution in [3.63, 3.8) is 0 Å². The minimum atomic E-state index is 0.127. The highest BCUT2D eigenvalue weighted by atomic mass is 15.1. The number of anilines is 3. The van der Waals surface area contributed by atoms with Gasteiger partial charge in [0.15, 0.2) is 0 Å². The van der Waals surface area contributed by atoms with Gasteiger partial charge in [0, 0.05) is 22.4 Å². The summed E-state index contributed by atoms with van der Waals surface area (Å²) in [6.45, 7) is 0. The smallest absolute Gasteiger partial charge is 0.0540 e. The van der Waals surface area contributed by atoms with E-state index in [4.69, 9.17) is 0 Å². The van der Waals surface area contributed by atoms with Crippen molar-refractivity contribution in [2.75, 3.05) is 4.90 Å². The van der Waals surface area contributed by atoms with Crippen molar-refractivity contribution < 1.29 is 0 Å². The predicted octanol–water partition coefficient (Wildman–Crippen LogP) is 15.4. The van der Waals surface area contributed by atoms with Gasteiger partial charge in [0.1, 0.15) is 0 Å². The van der Waals surface area contributed by atoms with Gasteiger partial charge in [0.25, 0.3) is 0 Å². The first-order valence-electron chi connectivity index (χ1n) is 21.6. The monoisotopic (exact) mass is 745 g/mol. The molecule has 0 aromatic heterocycles. The molecule has 0 radical (unpaired) electrons. The molecule has 0 saturated heterocycles. The molecule has 0 heterocycles. The highest BCUT2D eigenvalue weighted by Gasteiger charge is 2.57. The van der Waals surface area contributed by atoms with E-state index in [-0.39, 0.29) is 5.41 Å². The topological polar surface area (TPSA) is 3.24 Å². The van der Waals surface area contributed by atoms with Gasteiger partial charge >= 0.3 is 0 Å². The molecule has 280 valence electrons. The Morgan fingerprint density at radius 1 is 0.414 bits per heavy atom. The number of hydrogen-bond donors (Lipinski definition) is 0. The molecule has 5 unspecified atom stereocenters. The van der Waals surface area contributed by atoms with E-state index in [1.54, 1.807) is 11.1 Å². The molecule has 12 rings (SSSR count). The zero-order valence-electron chi connectivity index (χ0n) is 32.9. The summed E-state index contributed by atoms with van der Waals surface area (Å²) in [5, 5.41) is 2.55. The molecule has 1 spiro atoms. The molecule has 1 nitrogen and oxygen atoms in total. The zero-order chi connectivity index (χ0) is 38.2. The summed E-state index contributed by atoms with van der Waals surface area (Å²) in [4.78, 5) is 2.53. The van der Waals surface area contributed by atoms with Crippen LogP contribution in [0.25, 0.3) is 55.3 Å². The lowest BCUT2D eigenvalue weighted by molar-refractivity contribution is -0.0103. The SMILES string of the molecule is c1ccc(-c2ccc(N(c3ccc(-c4cccc5ccccc45)cc3)c3ccc4c(c3)-c3ccccc3C43CC4CCC5CC4CC3C5)c(-c3ccccc3)c2)cc1. The number of fused-ring (bicyclic) bond motifs is 9. The molecule has 8 aromatic carbocycles. The van der Waals surface area contributed by atoms with E-state index in [2.05, 4.69) is 193 Å². The first kappa shape index (κ1) is 33.9. The van der Waals surface area contributed by atoms with Crippen LogP contribution in [0.1, 0.15) is 49.7 Å². The molecule has 0 N–H and O–H groups in total. The largest absolute Gasteiger partial charge is 0.310 e. The minimum absolute atomic E-state index is 0.127. The van der Waals surface area contributed by atoms with Crippen molar-refractivity contribution in [1.82, 2.24) is 0 Å². The third-order valence-electron chi connectivity index (χ3n) is 14.8. The van der Waals surface area contributed by atoms with Gasteiger partial charge in [-0.15, -0.1) is 0 Å². The molecule has 5 atom stereocenters. The second-order valence-electron chi connectivity index (χ2n) is 17.7. The fourth-order valence-electron chi connectivity index (χ4n) is 12.3. The summed E-state index contributed by atoms with van der Waals surface area (Å²) in [7, 11) is 0. The Labute approximate surface area is 342 Å². The minimum Gasteiger partial charge on any atom is -0.310 e. The summed E-state index contributed by atoms with van der Waals surface area (Å²) >= 11 is 0. The number of nitrogens with zero attached hydrogens (tertiary/aromatic N) is 1. The molecule has 4 aliphatic carbocycles. The zero-order valence-corrected chi connectivity index (χ0v) is 32.9. The third-order valence-corrected chi connectivity index (χ3v) is 14.8. The molecule has 0 amide bonds. The maximum absolute atomic E-state index is 2.56. The van der Waals surface area contributed by atoms with E-state index in [1.807, 2.05) is 0 Å². The van der Waals surface area contributed by atoms with Crippen LogP contribution in [0.2, 0.25) is 0 Å². The van der Waals surface area contributed by atoms with Crippen molar-refractivity contribution in [3.05, 3.63) is 199 Å². The third kappa shape index (κ3) is 5.29. The van der Waals surface area contributed by atoms with Gasteiger partial charge in [-0.2, -0.15) is 0 Å². The quantitative estimate of drug-likeness (QED) is 0.164. The lowest BCUT2D eigenvalue weighted by Crippen LogP contribution is -2.50. The Bertz CT molecular complexity index is 2810. The van der Waals surface area contributed by atoms with E-state index in [1.165, 1.54) is 105 Å². The van der Waals surface area contributed by atoms with E-state index < -0.39 is 0 Å². The molecular formula is C57H47N. The predicted molar refractivity (Wildman–Crippen MR) is 243 cm³/mol. The van der Waals surface area contributed by atoms with Crippen molar-refractivity contribution >= 4 is 27.8 Å². The maximum Gasteiger partial charge on any atom is 0.0540 e. The highest BCUT2D eigenvalue weighted by Crippen LogP contribution is 2.66. The fourth-order valence-corrected chi connectivity index (χ4v) is 12.3. The van der Waals surface area contributed by atoms with Crippen molar-refractivity contribution in [2.45, 2.75) is 43.9 Å². The Morgan fingerprint density at radius 2 is 1.09 bits per heavy atom. The number of rotatable bonds is 6. The van der Waals surface area contributed by atoms with Crippen LogP contribution in [0.5, 0.6) is 0 Å². The number of benzene rings is 8. The molecule has 3 bridgehead atoms. The molecular weight excluding hydrogens is 699 g/mol. The Kier molecular flexibility index (Phi) is 7.87. The van der Waals surface area contributed by atoms with Gasteiger partial charge in [0.05, 0.1) is 5.69 Å². The van der Waals surface area contributed by atoms with Crippen LogP contribution in [-0.2, 0) is 5.41 Å². The van der Waals surface area contributed by atoms with Gasteiger partial charge in [-0.25, -0.2) is 0 Å². The van der Waals surface area contributed by atoms with Gasteiger partial charge in [-0.05, 0) is 153 Å². The normalized spacial score (nSPS) is 22.5. The second-order valence-corrected chi connectivity index (χ2v) is 17.7. The number of hydrogen-bond acceptors (Lipinski definition) is 1. The van der Waals surface area contributed by atoms with Crippen molar-refractivity contribution in [3.8, 4) is 44.5 Å². The lowest BCUT2D eigenvalue weighted by Gasteiger charge is -2.57. The summed E-state index contributed by atoms with van der Waals surface area (Å²) in [5.74, 6) is 3.42. The Hall–Kier alpha value is -6.18. The summed E-state index contributed by atoms with van der Waals surface area (Å²) in [6, 6.07) is 70.5.